The molecule has 160 valence electrons. The maximum absolute atomic E-state index is 5.06. The van der Waals surface area contributed by atoms with Crippen molar-refractivity contribution in [3.8, 4) is 28.2 Å². The van der Waals surface area contributed by atoms with E-state index < -0.39 is 0 Å². The lowest BCUT2D eigenvalue weighted by Crippen LogP contribution is -2.19. The minimum absolute atomic E-state index is 0.902. The van der Waals surface area contributed by atoms with E-state index in [0.29, 0.717) is 0 Å². The fourth-order valence-corrected chi connectivity index (χ4v) is 4.97. The highest BCUT2D eigenvalue weighted by molar-refractivity contribution is 6.04. The first kappa shape index (κ1) is 18.8. The number of aromatic nitrogens is 3. The van der Waals surface area contributed by atoms with E-state index in [1.54, 1.807) is 6.20 Å². The van der Waals surface area contributed by atoms with Crippen LogP contribution in [0.25, 0.3) is 39.2 Å². The van der Waals surface area contributed by atoms with Gasteiger partial charge in [-0.05, 0) is 48.0 Å². The van der Waals surface area contributed by atoms with Gasteiger partial charge < -0.3 is 4.90 Å². The second-order valence-electron chi connectivity index (χ2n) is 8.36. The van der Waals surface area contributed by atoms with Crippen LogP contribution in [0.4, 0.5) is 17.1 Å². The second-order valence-corrected chi connectivity index (χ2v) is 8.36. The minimum atomic E-state index is 0.902. The predicted molar refractivity (Wildman–Crippen MR) is 138 cm³/mol. The quantitative estimate of drug-likeness (QED) is 0.287. The van der Waals surface area contributed by atoms with E-state index in [-0.39, 0.29) is 0 Å². The van der Waals surface area contributed by atoms with Gasteiger partial charge in [-0.3, -0.25) is 9.55 Å². The lowest BCUT2D eigenvalue weighted by molar-refractivity contribution is 1.06. The fraction of sp³-hybridized carbons (Fsp3) is 0. The summed E-state index contributed by atoms with van der Waals surface area (Å²) < 4.78 is 2.28. The molecule has 0 unspecified atom stereocenters. The van der Waals surface area contributed by atoms with Crippen LogP contribution in [0.5, 0.6) is 0 Å². The minimum Gasteiger partial charge on any atom is -0.306 e. The first-order valence-electron chi connectivity index (χ1n) is 11.4. The second kappa shape index (κ2) is 7.42. The first-order valence-corrected chi connectivity index (χ1v) is 11.4. The smallest absolute Gasteiger partial charge is 0.147 e. The number of anilines is 3. The maximum atomic E-state index is 5.06. The summed E-state index contributed by atoms with van der Waals surface area (Å²) in [4.78, 5) is 11.8. The van der Waals surface area contributed by atoms with Gasteiger partial charge in [-0.15, -0.1) is 0 Å². The Kier molecular flexibility index (Phi) is 4.11. The molecule has 3 heterocycles. The Labute approximate surface area is 197 Å². The molecule has 7 rings (SSSR count). The van der Waals surface area contributed by atoms with E-state index in [4.69, 9.17) is 4.98 Å². The third-order valence-electron chi connectivity index (χ3n) is 6.41. The molecule has 0 saturated carbocycles. The summed E-state index contributed by atoms with van der Waals surface area (Å²) in [6.07, 6.45) is 3.67. The topological polar surface area (TPSA) is 34.0 Å². The summed E-state index contributed by atoms with van der Waals surface area (Å²) in [5.41, 5.74) is 9.92. The summed E-state index contributed by atoms with van der Waals surface area (Å²) >= 11 is 0. The SMILES string of the molecule is c1ccc(-c2ccccc2N2c3ccccc3-n3c(-c4cccnc4)nc4cccc2c43)cc1. The lowest BCUT2D eigenvalue weighted by Gasteiger charge is -2.34. The fourth-order valence-electron chi connectivity index (χ4n) is 4.97. The molecular formula is C30H20N4. The monoisotopic (exact) mass is 436 g/mol. The molecule has 4 aromatic carbocycles. The van der Waals surface area contributed by atoms with Gasteiger partial charge >= 0.3 is 0 Å². The molecule has 0 aliphatic carbocycles. The number of benzene rings is 4. The highest BCUT2D eigenvalue weighted by Crippen LogP contribution is 2.50. The van der Waals surface area contributed by atoms with Crippen molar-refractivity contribution >= 4 is 28.1 Å². The number of nitrogens with zero attached hydrogens (tertiary/aromatic N) is 4. The average Bonchev–Trinajstić information content (AvgIpc) is 3.31. The van der Waals surface area contributed by atoms with Crippen LogP contribution in [0.2, 0.25) is 0 Å². The molecule has 0 radical (unpaired) electrons. The largest absolute Gasteiger partial charge is 0.306 e. The number of pyridine rings is 1. The number of para-hydroxylation sites is 4. The molecule has 34 heavy (non-hydrogen) atoms. The molecule has 1 aliphatic heterocycles. The molecule has 0 saturated heterocycles. The van der Waals surface area contributed by atoms with Crippen molar-refractivity contribution in [2.45, 2.75) is 0 Å². The Morgan fingerprint density at radius 3 is 2.06 bits per heavy atom. The van der Waals surface area contributed by atoms with Crippen molar-refractivity contribution in [2.24, 2.45) is 0 Å². The van der Waals surface area contributed by atoms with E-state index in [1.165, 1.54) is 11.1 Å². The zero-order valence-corrected chi connectivity index (χ0v) is 18.3. The van der Waals surface area contributed by atoms with Crippen LogP contribution < -0.4 is 4.90 Å². The summed E-state index contributed by atoms with van der Waals surface area (Å²) in [6, 6.07) is 38.1. The molecule has 0 fully saturated rings. The van der Waals surface area contributed by atoms with E-state index in [2.05, 4.69) is 118 Å². The highest BCUT2D eigenvalue weighted by atomic mass is 15.2. The van der Waals surface area contributed by atoms with Crippen LogP contribution in [0, 0.1) is 0 Å². The van der Waals surface area contributed by atoms with Crippen molar-refractivity contribution in [2.75, 3.05) is 4.90 Å². The molecule has 4 heteroatoms. The molecule has 4 nitrogen and oxygen atoms in total. The van der Waals surface area contributed by atoms with Crippen molar-refractivity contribution in [3.05, 3.63) is 122 Å². The van der Waals surface area contributed by atoms with Crippen LogP contribution in [0.3, 0.4) is 0 Å². The molecule has 0 atom stereocenters. The van der Waals surface area contributed by atoms with Crippen molar-refractivity contribution in [1.29, 1.82) is 0 Å². The number of rotatable bonds is 3. The molecule has 1 aliphatic rings. The summed E-state index contributed by atoms with van der Waals surface area (Å²) in [5.74, 6) is 0.902. The van der Waals surface area contributed by atoms with Crippen molar-refractivity contribution in [1.82, 2.24) is 14.5 Å². The summed E-state index contributed by atoms with van der Waals surface area (Å²) in [7, 11) is 0. The van der Waals surface area contributed by atoms with Crippen LogP contribution >= 0.6 is 0 Å². The van der Waals surface area contributed by atoms with Crippen LogP contribution in [-0.4, -0.2) is 14.5 Å². The van der Waals surface area contributed by atoms with Gasteiger partial charge in [-0.1, -0.05) is 66.7 Å². The molecular weight excluding hydrogens is 416 g/mol. The first-order chi connectivity index (χ1) is 16.9. The van der Waals surface area contributed by atoms with Gasteiger partial charge in [-0.2, -0.15) is 0 Å². The predicted octanol–water partition coefficient (Wildman–Crippen LogP) is 7.54. The molecule has 2 aromatic heterocycles. The van der Waals surface area contributed by atoms with Gasteiger partial charge in [0, 0.05) is 23.5 Å². The van der Waals surface area contributed by atoms with E-state index in [0.717, 1.165) is 45.2 Å². The van der Waals surface area contributed by atoms with Gasteiger partial charge in [0.05, 0.1) is 33.8 Å². The summed E-state index contributed by atoms with van der Waals surface area (Å²) in [5, 5.41) is 0. The van der Waals surface area contributed by atoms with E-state index in [9.17, 15) is 0 Å². The molecule has 6 aromatic rings. The van der Waals surface area contributed by atoms with Gasteiger partial charge in [-0.25, -0.2) is 4.98 Å². The Morgan fingerprint density at radius 2 is 1.24 bits per heavy atom. The Bertz CT molecular complexity index is 1650. The van der Waals surface area contributed by atoms with Gasteiger partial charge in [0.15, 0.2) is 0 Å². The molecule has 0 spiro atoms. The number of hydrogen-bond acceptors (Lipinski definition) is 3. The van der Waals surface area contributed by atoms with Gasteiger partial charge in [0.2, 0.25) is 0 Å². The Hall–Kier alpha value is -4.70. The van der Waals surface area contributed by atoms with E-state index in [1.807, 2.05) is 12.3 Å². The summed E-state index contributed by atoms with van der Waals surface area (Å²) in [6.45, 7) is 0. The van der Waals surface area contributed by atoms with E-state index >= 15 is 0 Å². The molecule has 0 amide bonds. The highest BCUT2D eigenvalue weighted by Gasteiger charge is 2.30. The number of imidazole rings is 1. The number of hydrogen-bond donors (Lipinski definition) is 0. The zero-order chi connectivity index (χ0) is 22.5. The zero-order valence-electron chi connectivity index (χ0n) is 18.3. The molecule has 0 N–H and O–H groups in total. The molecule has 0 bridgehead atoms. The Morgan fingerprint density at radius 1 is 0.529 bits per heavy atom. The average molecular weight is 437 g/mol. The van der Waals surface area contributed by atoms with Crippen LogP contribution in [0.1, 0.15) is 0 Å². The third-order valence-corrected chi connectivity index (χ3v) is 6.41. The van der Waals surface area contributed by atoms with Gasteiger partial charge in [0.1, 0.15) is 5.82 Å². The van der Waals surface area contributed by atoms with Crippen LogP contribution in [0.15, 0.2) is 122 Å². The number of fused-ring (bicyclic) bond motifs is 2. The Balaban J connectivity index is 1.57. The van der Waals surface area contributed by atoms with Gasteiger partial charge in [0.25, 0.3) is 0 Å². The third kappa shape index (κ3) is 2.72. The standard InChI is InChI=1S/C30H20N4/c1-2-10-21(11-3-1)23-13-4-5-15-25(23)33-26-16-6-7-17-27(26)34-29-24(14-8-18-28(29)33)32-30(34)22-12-9-19-31-20-22/h1-20H. The normalized spacial score (nSPS) is 12.1. The van der Waals surface area contributed by atoms with Crippen molar-refractivity contribution in [3.63, 3.8) is 0 Å². The maximum Gasteiger partial charge on any atom is 0.147 e. The van der Waals surface area contributed by atoms with Crippen LogP contribution in [-0.2, 0) is 0 Å². The lowest BCUT2D eigenvalue weighted by atomic mass is 10.0. The van der Waals surface area contributed by atoms with Crippen molar-refractivity contribution < 1.29 is 0 Å².